The zero-order valence-electron chi connectivity index (χ0n) is 15.9. The summed E-state index contributed by atoms with van der Waals surface area (Å²) in [5, 5.41) is 9.91. The molecule has 7 nitrogen and oxygen atoms in total. The molecule has 1 aliphatic rings. The highest BCUT2D eigenvalue weighted by atomic mass is 32.1. The van der Waals surface area contributed by atoms with Gasteiger partial charge in [0.25, 0.3) is 5.91 Å². The molecule has 1 N–H and O–H groups in total. The molecule has 30 heavy (non-hydrogen) atoms. The second-order valence-corrected chi connectivity index (χ2v) is 8.26. The molecule has 0 radical (unpaired) electrons. The van der Waals surface area contributed by atoms with E-state index in [0.717, 1.165) is 42.3 Å². The Balaban J connectivity index is 1.60. The van der Waals surface area contributed by atoms with Crippen molar-refractivity contribution in [3.05, 3.63) is 53.1 Å². The van der Waals surface area contributed by atoms with E-state index < -0.39 is 22.7 Å². The van der Waals surface area contributed by atoms with Crippen LogP contribution in [0.2, 0.25) is 0 Å². The number of aromatic nitrogens is 5. The summed E-state index contributed by atoms with van der Waals surface area (Å²) in [6.07, 6.45) is 6.18. The maximum Gasteiger partial charge on any atom is 0.435 e. The van der Waals surface area contributed by atoms with E-state index in [1.165, 1.54) is 12.4 Å². The zero-order valence-corrected chi connectivity index (χ0v) is 16.7. The molecule has 0 spiro atoms. The molecule has 158 valence electrons. The molecule has 3 aromatic heterocycles. The Bertz CT molecular complexity index is 997. The smallest absolute Gasteiger partial charge is 0.350 e. The van der Waals surface area contributed by atoms with E-state index in [4.69, 9.17) is 0 Å². The van der Waals surface area contributed by atoms with Crippen molar-refractivity contribution in [3.63, 3.8) is 0 Å². The first-order valence-corrected chi connectivity index (χ1v) is 10.3. The lowest BCUT2D eigenvalue weighted by Crippen LogP contribution is -2.42. The fourth-order valence-corrected chi connectivity index (χ4v) is 4.80. The molecule has 0 saturated heterocycles. The van der Waals surface area contributed by atoms with Crippen LogP contribution in [-0.4, -0.2) is 37.4 Å². The highest BCUT2D eigenvalue weighted by Crippen LogP contribution is 2.39. The van der Waals surface area contributed by atoms with E-state index in [-0.39, 0.29) is 17.1 Å². The van der Waals surface area contributed by atoms with Crippen molar-refractivity contribution in [2.45, 2.75) is 43.7 Å². The average Bonchev–Trinajstić information content (AvgIpc) is 3.43. The lowest BCUT2D eigenvalue weighted by atomic mass is 9.70. The van der Waals surface area contributed by atoms with Crippen molar-refractivity contribution in [3.8, 4) is 5.13 Å². The van der Waals surface area contributed by atoms with Gasteiger partial charge in [-0.2, -0.15) is 17.9 Å². The van der Waals surface area contributed by atoms with E-state index in [1.54, 1.807) is 12.4 Å². The number of pyridine rings is 1. The Labute approximate surface area is 174 Å². The normalized spacial score (nSPS) is 16.4. The van der Waals surface area contributed by atoms with Crippen LogP contribution in [0.3, 0.4) is 0 Å². The van der Waals surface area contributed by atoms with Gasteiger partial charge in [0.1, 0.15) is 4.88 Å². The number of nitrogens with one attached hydrogen (secondary N) is 1. The lowest BCUT2D eigenvalue weighted by Gasteiger charge is -2.37. The van der Waals surface area contributed by atoms with Gasteiger partial charge in [-0.3, -0.25) is 9.78 Å². The maximum absolute atomic E-state index is 13.5. The Kier molecular flexibility index (Phi) is 5.54. The summed E-state index contributed by atoms with van der Waals surface area (Å²) in [5.41, 5.74) is -0.553. The molecule has 0 atom stereocenters. The van der Waals surface area contributed by atoms with Gasteiger partial charge in [0, 0.05) is 24.4 Å². The van der Waals surface area contributed by atoms with Crippen LogP contribution in [0.15, 0.2) is 36.9 Å². The third-order valence-corrected chi connectivity index (χ3v) is 6.42. The van der Waals surface area contributed by atoms with Crippen LogP contribution in [0.25, 0.3) is 5.13 Å². The van der Waals surface area contributed by atoms with Crippen LogP contribution in [0.1, 0.15) is 53.0 Å². The van der Waals surface area contributed by atoms with E-state index in [0.29, 0.717) is 11.3 Å². The summed E-state index contributed by atoms with van der Waals surface area (Å²) in [7, 11) is 0. The third-order valence-electron chi connectivity index (χ3n) is 5.38. The highest BCUT2D eigenvalue weighted by Gasteiger charge is 2.41. The van der Waals surface area contributed by atoms with Crippen molar-refractivity contribution in [2.75, 3.05) is 6.54 Å². The van der Waals surface area contributed by atoms with Crippen molar-refractivity contribution in [1.82, 2.24) is 30.3 Å². The van der Waals surface area contributed by atoms with Crippen LogP contribution in [0, 0.1) is 0 Å². The second-order valence-electron chi connectivity index (χ2n) is 7.28. The van der Waals surface area contributed by atoms with Gasteiger partial charge < -0.3 is 5.32 Å². The molecular formula is C19H19F3N6OS. The molecule has 1 saturated carbocycles. The maximum atomic E-state index is 13.5. The fourth-order valence-electron chi connectivity index (χ4n) is 3.87. The van der Waals surface area contributed by atoms with Crippen LogP contribution in [0.5, 0.6) is 0 Å². The van der Waals surface area contributed by atoms with Crippen molar-refractivity contribution >= 4 is 17.2 Å². The molecule has 4 rings (SSSR count). The Morgan fingerprint density at radius 3 is 2.67 bits per heavy atom. The molecular weight excluding hydrogens is 417 g/mol. The number of carbonyl (C=O) groups is 1. The number of alkyl halides is 3. The van der Waals surface area contributed by atoms with Gasteiger partial charge in [0.05, 0.1) is 12.4 Å². The standard InChI is InChI=1S/C19H19F3N6OS/c20-19(21,22)15-14(30-17(26-15)28-10-9-25-27-28)16(29)24-12-18(6-2-1-3-7-18)13-5-4-8-23-11-13/h4-5,8-11H,1-3,6-7,12H2,(H,24,29). The minimum atomic E-state index is -4.76. The minimum absolute atomic E-state index is 0.0652. The molecule has 1 aliphatic carbocycles. The van der Waals surface area contributed by atoms with Crippen LogP contribution in [-0.2, 0) is 11.6 Å². The number of rotatable bonds is 5. The fraction of sp³-hybridized carbons (Fsp3) is 0.421. The molecule has 1 fully saturated rings. The monoisotopic (exact) mass is 436 g/mol. The number of hydrogen-bond donors (Lipinski definition) is 1. The summed E-state index contributed by atoms with van der Waals surface area (Å²) in [6, 6.07) is 3.80. The van der Waals surface area contributed by atoms with Gasteiger partial charge in [0.2, 0.25) is 5.13 Å². The van der Waals surface area contributed by atoms with Crippen LogP contribution < -0.4 is 5.32 Å². The Morgan fingerprint density at radius 1 is 1.23 bits per heavy atom. The van der Waals surface area contributed by atoms with Gasteiger partial charge >= 0.3 is 6.18 Å². The van der Waals surface area contributed by atoms with E-state index in [1.807, 2.05) is 12.1 Å². The number of halogens is 3. The molecule has 11 heteroatoms. The number of hydrogen-bond acceptors (Lipinski definition) is 6. The van der Waals surface area contributed by atoms with Gasteiger partial charge in [-0.1, -0.05) is 41.9 Å². The van der Waals surface area contributed by atoms with Gasteiger partial charge in [-0.25, -0.2) is 4.98 Å². The average molecular weight is 436 g/mol. The molecule has 0 aliphatic heterocycles. The third kappa shape index (κ3) is 4.07. The SMILES string of the molecule is O=C(NCC1(c2cccnc2)CCCCC1)c1sc(-n2ccnn2)nc1C(F)(F)F. The predicted octanol–water partition coefficient (Wildman–Crippen LogP) is 3.77. The molecule has 3 aromatic rings. The first-order valence-electron chi connectivity index (χ1n) is 9.52. The first kappa shape index (κ1) is 20.5. The quantitative estimate of drug-likeness (QED) is 0.658. The lowest BCUT2D eigenvalue weighted by molar-refractivity contribution is -0.141. The summed E-state index contributed by atoms with van der Waals surface area (Å²) >= 11 is 0.639. The highest BCUT2D eigenvalue weighted by molar-refractivity contribution is 7.16. The van der Waals surface area contributed by atoms with Gasteiger partial charge in [-0.15, -0.1) is 5.10 Å². The molecule has 0 aromatic carbocycles. The van der Waals surface area contributed by atoms with E-state index >= 15 is 0 Å². The molecule has 0 bridgehead atoms. The topological polar surface area (TPSA) is 85.6 Å². The molecule has 0 unspecified atom stereocenters. The largest absolute Gasteiger partial charge is 0.435 e. The van der Waals surface area contributed by atoms with Crippen LogP contribution in [0.4, 0.5) is 13.2 Å². The number of thiazole rings is 1. The van der Waals surface area contributed by atoms with E-state index in [9.17, 15) is 18.0 Å². The Hall–Kier alpha value is -2.82. The number of nitrogens with zero attached hydrogens (tertiary/aromatic N) is 5. The van der Waals surface area contributed by atoms with Crippen LogP contribution >= 0.6 is 11.3 Å². The number of carbonyl (C=O) groups excluding carboxylic acids is 1. The Morgan fingerprint density at radius 2 is 2.03 bits per heavy atom. The summed E-state index contributed by atoms with van der Waals surface area (Å²) in [6.45, 7) is 0.241. The van der Waals surface area contributed by atoms with Crippen molar-refractivity contribution < 1.29 is 18.0 Å². The van der Waals surface area contributed by atoms with Gasteiger partial charge in [-0.05, 0) is 24.5 Å². The first-order chi connectivity index (χ1) is 14.4. The van der Waals surface area contributed by atoms with Gasteiger partial charge in [0.15, 0.2) is 5.69 Å². The molecule has 3 heterocycles. The summed E-state index contributed by atoms with van der Waals surface area (Å²) in [5.74, 6) is -0.792. The van der Waals surface area contributed by atoms with Crippen molar-refractivity contribution in [1.29, 1.82) is 0 Å². The zero-order chi connectivity index (χ0) is 21.2. The van der Waals surface area contributed by atoms with Crippen molar-refractivity contribution in [2.24, 2.45) is 0 Å². The molecule has 1 amide bonds. The second kappa shape index (κ2) is 8.13. The predicted molar refractivity (Wildman–Crippen MR) is 103 cm³/mol. The summed E-state index contributed by atoms with van der Waals surface area (Å²) < 4.78 is 41.6. The number of amides is 1. The van der Waals surface area contributed by atoms with E-state index in [2.05, 4.69) is 25.6 Å². The minimum Gasteiger partial charge on any atom is -0.350 e. The summed E-state index contributed by atoms with van der Waals surface area (Å²) in [4.78, 5) is 20.1.